The average Bonchev–Trinajstić information content (AvgIpc) is 2.63. The molecule has 7 nitrogen and oxygen atoms in total. The van der Waals surface area contributed by atoms with Gasteiger partial charge >= 0.3 is 0 Å². The van der Waals surface area contributed by atoms with E-state index in [4.69, 9.17) is 5.26 Å². The minimum atomic E-state index is -0.0392. The number of carbonyl (C=O) groups is 1. The van der Waals surface area contributed by atoms with Gasteiger partial charge in [0.25, 0.3) is 0 Å². The summed E-state index contributed by atoms with van der Waals surface area (Å²) in [6.45, 7) is 0. The summed E-state index contributed by atoms with van der Waals surface area (Å²) >= 11 is 0.953. The van der Waals surface area contributed by atoms with E-state index in [2.05, 4.69) is 24.7 Å². The molecule has 0 radical (unpaired) electrons. The molecule has 1 rings (SSSR count). The Labute approximate surface area is 83.2 Å². The van der Waals surface area contributed by atoms with Crippen LogP contribution in [0.3, 0.4) is 0 Å². The largest absolute Gasteiger partial charge is 0.398 e. The summed E-state index contributed by atoms with van der Waals surface area (Å²) in [5.74, 6) is 0.128. The van der Waals surface area contributed by atoms with E-state index in [9.17, 15) is 4.79 Å². The van der Waals surface area contributed by atoms with Crippen molar-refractivity contribution in [1.29, 1.82) is 5.26 Å². The highest BCUT2D eigenvalue weighted by Gasteiger charge is 2.10. The van der Waals surface area contributed by atoms with Crippen molar-refractivity contribution in [1.82, 2.24) is 9.36 Å². The Morgan fingerprint density at radius 2 is 2.64 bits per heavy atom. The Balaban J connectivity index is 2.90. The molecule has 1 heterocycles. The Kier molecular flexibility index (Phi) is 3.51. The predicted molar refractivity (Wildman–Crippen MR) is 48.8 cm³/mol. The molecule has 0 fully saturated rings. The standard InChI is InChI=1S/C6H5N5O2S/c1-13-10-4(2-7)5-9-6(8-3-12)14-11-5/h3H,1H3,(H,8,9,11,12)/b10-4-. The van der Waals surface area contributed by atoms with E-state index in [-0.39, 0.29) is 11.5 Å². The fraction of sp³-hybridized carbons (Fsp3) is 0.167. The number of nitriles is 1. The third-order valence-electron chi connectivity index (χ3n) is 1.11. The quantitative estimate of drug-likeness (QED) is 0.428. The number of hydrogen-bond acceptors (Lipinski definition) is 7. The van der Waals surface area contributed by atoms with Gasteiger partial charge in [-0.05, 0) is 0 Å². The number of nitrogens with one attached hydrogen (secondary N) is 1. The molecule has 0 atom stereocenters. The summed E-state index contributed by atoms with van der Waals surface area (Å²) in [6.07, 6.45) is 0.476. The van der Waals surface area contributed by atoms with E-state index in [1.54, 1.807) is 6.07 Å². The van der Waals surface area contributed by atoms with Crippen molar-refractivity contribution in [3.8, 4) is 6.07 Å². The van der Waals surface area contributed by atoms with Crippen LogP contribution < -0.4 is 5.32 Å². The van der Waals surface area contributed by atoms with Crippen molar-refractivity contribution in [3.63, 3.8) is 0 Å². The summed E-state index contributed by atoms with van der Waals surface area (Å²) in [6, 6.07) is 1.77. The summed E-state index contributed by atoms with van der Waals surface area (Å²) in [7, 11) is 1.31. The molecule has 1 aromatic heterocycles. The van der Waals surface area contributed by atoms with E-state index < -0.39 is 0 Å². The number of oxime groups is 1. The smallest absolute Gasteiger partial charge is 0.225 e. The second-order valence-electron chi connectivity index (χ2n) is 1.92. The monoisotopic (exact) mass is 211 g/mol. The lowest BCUT2D eigenvalue weighted by atomic mass is 10.4. The number of aromatic nitrogens is 2. The second kappa shape index (κ2) is 4.88. The minimum Gasteiger partial charge on any atom is -0.398 e. The SMILES string of the molecule is CO/N=C(/C#N)c1nsc(NC=O)n1. The molecule has 0 saturated carbocycles. The van der Waals surface area contributed by atoms with Crippen LogP contribution in [0.5, 0.6) is 0 Å². The van der Waals surface area contributed by atoms with Crippen LogP contribution in [0.1, 0.15) is 5.82 Å². The van der Waals surface area contributed by atoms with Crippen LogP contribution >= 0.6 is 11.5 Å². The van der Waals surface area contributed by atoms with Crippen LogP contribution in [0.15, 0.2) is 5.16 Å². The lowest BCUT2D eigenvalue weighted by Crippen LogP contribution is -2.01. The Morgan fingerprint density at radius 3 is 3.21 bits per heavy atom. The highest BCUT2D eigenvalue weighted by Crippen LogP contribution is 2.10. The van der Waals surface area contributed by atoms with Gasteiger partial charge in [-0.2, -0.15) is 14.6 Å². The number of rotatable bonds is 4. The topological polar surface area (TPSA) is 100 Å². The molecule has 1 N–H and O–H groups in total. The molecule has 0 aliphatic rings. The number of nitrogens with zero attached hydrogens (tertiary/aromatic N) is 4. The van der Waals surface area contributed by atoms with Crippen molar-refractivity contribution in [2.45, 2.75) is 0 Å². The van der Waals surface area contributed by atoms with Gasteiger partial charge in [0.1, 0.15) is 13.2 Å². The molecular formula is C6H5N5O2S. The first kappa shape index (κ1) is 10.1. The fourth-order valence-electron chi connectivity index (χ4n) is 0.631. The lowest BCUT2D eigenvalue weighted by molar-refractivity contribution is -0.105. The van der Waals surface area contributed by atoms with Gasteiger partial charge in [0.15, 0.2) is 0 Å². The van der Waals surface area contributed by atoms with Gasteiger partial charge in [0.2, 0.25) is 23.1 Å². The van der Waals surface area contributed by atoms with Gasteiger partial charge in [0.05, 0.1) is 0 Å². The van der Waals surface area contributed by atoms with Crippen LogP contribution in [-0.4, -0.2) is 28.6 Å². The Hall–Kier alpha value is -2.01. The van der Waals surface area contributed by atoms with Crippen LogP contribution in [0.25, 0.3) is 0 Å². The van der Waals surface area contributed by atoms with E-state index >= 15 is 0 Å². The molecule has 1 amide bonds. The lowest BCUT2D eigenvalue weighted by Gasteiger charge is -1.88. The van der Waals surface area contributed by atoms with Crippen LogP contribution in [0, 0.1) is 11.3 Å². The zero-order valence-electron chi connectivity index (χ0n) is 7.09. The first-order chi connectivity index (χ1) is 6.81. The highest BCUT2D eigenvalue weighted by molar-refractivity contribution is 7.10. The number of hydrogen-bond donors (Lipinski definition) is 1. The maximum atomic E-state index is 10.1. The zero-order valence-corrected chi connectivity index (χ0v) is 7.91. The maximum absolute atomic E-state index is 10.1. The average molecular weight is 211 g/mol. The van der Waals surface area contributed by atoms with Gasteiger partial charge in [-0.3, -0.25) is 4.79 Å². The third-order valence-corrected chi connectivity index (χ3v) is 1.76. The molecule has 8 heteroatoms. The molecule has 0 unspecified atom stereocenters. The number of amides is 1. The third kappa shape index (κ3) is 2.24. The molecule has 0 spiro atoms. The van der Waals surface area contributed by atoms with Crippen LogP contribution in [0.4, 0.5) is 5.13 Å². The van der Waals surface area contributed by atoms with Crippen molar-refractivity contribution in [3.05, 3.63) is 5.82 Å². The number of anilines is 1. The minimum absolute atomic E-state index is 0.0392. The van der Waals surface area contributed by atoms with Crippen molar-refractivity contribution in [2.24, 2.45) is 5.16 Å². The second-order valence-corrected chi connectivity index (χ2v) is 2.67. The zero-order chi connectivity index (χ0) is 10.4. The van der Waals surface area contributed by atoms with Crippen LogP contribution in [0.2, 0.25) is 0 Å². The summed E-state index contributed by atoms with van der Waals surface area (Å²) in [5.41, 5.74) is -0.0392. The van der Waals surface area contributed by atoms with Crippen molar-refractivity contribution >= 4 is 28.8 Å². The summed E-state index contributed by atoms with van der Waals surface area (Å²) < 4.78 is 3.80. The maximum Gasteiger partial charge on any atom is 0.225 e. The molecule has 0 bridgehead atoms. The van der Waals surface area contributed by atoms with Crippen LogP contribution in [-0.2, 0) is 9.63 Å². The predicted octanol–water partition coefficient (Wildman–Crippen LogP) is -0.0195. The first-order valence-electron chi connectivity index (χ1n) is 3.37. The molecule has 0 aliphatic carbocycles. The number of carbonyl (C=O) groups excluding carboxylic acids is 1. The Bertz CT molecular complexity index is 393. The molecule has 0 aromatic carbocycles. The van der Waals surface area contributed by atoms with Gasteiger partial charge in [-0.25, -0.2) is 0 Å². The summed E-state index contributed by atoms with van der Waals surface area (Å²) in [4.78, 5) is 18.3. The molecule has 0 aliphatic heterocycles. The molecule has 0 saturated heterocycles. The Morgan fingerprint density at radius 1 is 1.86 bits per heavy atom. The molecule has 1 aromatic rings. The van der Waals surface area contributed by atoms with E-state index in [0.29, 0.717) is 11.5 Å². The van der Waals surface area contributed by atoms with Gasteiger partial charge in [0, 0.05) is 11.5 Å². The van der Waals surface area contributed by atoms with Crippen molar-refractivity contribution in [2.75, 3.05) is 12.4 Å². The molecule has 72 valence electrons. The first-order valence-corrected chi connectivity index (χ1v) is 4.14. The fourth-order valence-corrected chi connectivity index (χ4v) is 1.16. The summed E-state index contributed by atoms with van der Waals surface area (Å²) in [5, 5.41) is 14.6. The molecular weight excluding hydrogens is 206 g/mol. The van der Waals surface area contributed by atoms with E-state index in [1.807, 2.05) is 0 Å². The van der Waals surface area contributed by atoms with Gasteiger partial charge < -0.3 is 10.2 Å². The van der Waals surface area contributed by atoms with E-state index in [0.717, 1.165) is 11.5 Å². The normalized spacial score (nSPS) is 10.4. The van der Waals surface area contributed by atoms with Gasteiger partial charge in [-0.1, -0.05) is 5.16 Å². The van der Waals surface area contributed by atoms with Gasteiger partial charge in [-0.15, -0.1) is 0 Å². The van der Waals surface area contributed by atoms with E-state index in [1.165, 1.54) is 7.11 Å². The highest BCUT2D eigenvalue weighted by atomic mass is 32.1. The molecule has 14 heavy (non-hydrogen) atoms. The van der Waals surface area contributed by atoms with Crippen molar-refractivity contribution < 1.29 is 9.63 Å².